The van der Waals surface area contributed by atoms with Crippen molar-refractivity contribution in [1.29, 1.82) is 0 Å². The van der Waals surface area contributed by atoms with Crippen LogP contribution in [0.4, 0.5) is 4.48 Å². The summed E-state index contributed by atoms with van der Waals surface area (Å²) < 4.78 is 13.8. The Morgan fingerprint density at radius 2 is 0.690 bits per heavy atom. The molecule has 0 atom stereocenters. The van der Waals surface area contributed by atoms with Gasteiger partial charge < -0.3 is 4.90 Å². The summed E-state index contributed by atoms with van der Waals surface area (Å²) in [6.45, 7) is 4.78. The summed E-state index contributed by atoms with van der Waals surface area (Å²) in [6.07, 6.45) is 26.3. The molecule has 0 rings (SSSR count). The van der Waals surface area contributed by atoms with Crippen molar-refractivity contribution >= 4 is 0 Å². The molecule has 0 aromatic heterocycles. The first-order valence-electron chi connectivity index (χ1n) is 13.2. The Hall–Kier alpha value is -0.150. The van der Waals surface area contributed by atoms with Crippen LogP contribution in [0.5, 0.6) is 0 Å². The van der Waals surface area contributed by atoms with Crippen molar-refractivity contribution in [2.75, 3.05) is 33.7 Å². The van der Waals surface area contributed by atoms with E-state index < -0.39 is 0 Å². The highest BCUT2D eigenvalue weighted by atomic mass is 19.2. The summed E-state index contributed by atoms with van der Waals surface area (Å²) >= 11 is 0. The van der Waals surface area contributed by atoms with E-state index in [1.165, 1.54) is 122 Å². The molecule has 0 fully saturated rings. The van der Waals surface area contributed by atoms with Gasteiger partial charge in [0.1, 0.15) is 0 Å². The lowest BCUT2D eigenvalue weighted by atomic mass is 10.1. The average Bonchev–Trinajstić information content (AvgIpc) is 2.70. The van der Waals surface area contributed by atoms with Crippen molar-refractivity contribution < 1.29 is 4.48 Å². The largest absolute Gasteiger partial charge is 0.309 e. The van der Waals surface area contributed by atoms with Crippen LogP contribution in [0.25, 0.3) is 0 Å². The fourth-order valence-corrected chi connectivity index (χ4v) is 4.01. The van der Waals surface area contributed by atoms with Crippen molar-refractivity contribution in [3.63, 3.8) is 0 Å². The van der Waals surface area contributed by atoms with Crippen molar-refractivity contribution in [2.24, 2.45) is 0 Å². The minimum absolute atomic E-state index is 0.642. The zero-order valence-electron chi connectivity index (χ0n) is 20.5. The third kappa shape index (κ3) is 25.8. The third-order valence-electron chi connectivity index (χ3n) is 6.01. The van der Waals surface area contributed by atoms with Gasteiger partial charge in [-0.25, -0.2) is 0 Å². The summed E-state index contributed by atoms with van der Waals surface area (Å²) in [5.74, 6) is 0. The molecule has 0 aliphatic heterocycles. The summed E-state index contributed by atoms with van der Waals surface area (Å²) in [5, 5.41) is 1.07. The lowest BCUT2D eigenvalue weighted by Gasteiger charge is -2.11. The van der Waals surface area contributed by atoms with E-state index in [9.17, 15) is 4.48 Å². The lowest BCUT2D eigenvalue weighted by molar-refractivity contribution is 0.0217. The number of rotatable bonds is 24. The second-order valence-electron chi connectivity index (χ2n) is 9.43. The molecule has 0 heterocycles. The van der Waals surface area contributed by atoms with Gasteiger partial charge in [-0.1, -0.05) is 116 Å². The first-order chi connectivity index (χ1) is 14.2. The van der Waals surface area contributed by atoms with Gasteiger partial charge in [0.15, 0.2) is 0 Å². The van der Waals surface area contributed by atoms with Crippen LogP contribution in [0.3, 0.4) is 0 Å². The van der Waals surface area contributed by atoms with E-state index in [-0.39, 0.29) is 0 Å². The Morgan fingerprint density at radius 1 is 0.414 bits per heavy atom. The Morgan fingerprint density at radius 3 is 1.00 bits per heavy atom. The summed E-state index contributed by atoms with van der Waals surface area (Å²) in [7, 11) is 4.31. The zero-order chi connectivity index (χ0) is 21.4. The second-order valence-corrected chi connectivity index (χ2v) is 9.43. The molecule has 0 saturated carbocycles. The standard InChI is InChI=1S/C26H55FN2/c1-4-5-6-7-8-9-13-16-19-22-25-29(27)26-23-20-17-14-11-10-12-15-18-21-24-28(2)3/h4-26H2,1-3H3. The average molecular weight is 415 g/mol. The van der Waals surface area contributed by atoms with Crippen LogP contribution in [-0.4, -0.2) is 43.8 Å². The van der Waals surface area contributed by atoms with Gasteiger partial charge in [-0.15, -0.1) is 9.60 Å². The quantitative estimate of drug-likeness (QED) is 0.115. The molecule has 0 aliphatic rings. The molecule has 0 aromatic rings. The molecule has 0 bridgehead atoms. The van der Waals surface area contributed by atoms with Crippen LogP contribution >= 0.6 is 0 Å². The second kappa shape index (κ2) is 24.1. The summed E-state index contributed by atoms with van der Waals surface area (Å²) in [4.78, 5) is 2.27. The highest BCUT2D eigenvalue weighted by Crippen LogP contribution is 2.13. The highest BCUT2D eigenvalue weighted by molar-refractivity contribution is 4.53. The molecule has 0 aromatic carbocycles. The van der Waals surface area contributed by atoms with E-state index in [1.54, 1.807) is 0 Å². The lowest BCUT2D eigenvalue weighted by Crippen LogP contribution is -2.16. The molecule has 0 aliphatic carbocycles. The highest BCUT2D eigenvalue weighted by Gasteiger charge is 2.02. The van der Waals surface area contributed by atoms with E-state index >= 15 is 0 Å². The van der Waals surface area contributed by atoms with Gasteiger partial charge in [-0.2, -0.15) is 0 Å². The third-order valence-corrected chi connectivity index (χ3v) is 6.01. The smallest absolute Gasteiger partial charge is 0.0290 e. The normalized spacial score (nSPS) is 11.8. The fraction of sp³-hybridized carbons (Fsp3) is 1.00. The van der Waals surface area contributed by atoms with Gasteiger partial charge >= 0.3 is 0 Å². The van der Waals surface area contributed by atoms with Crippen molar-refractivity contribution in [1.82, 2.24) is 10.0 Å². The molecule has 0 saturated heterocycles. The van der Waals surface area contributed by atoms with E-state index in [0.29, 0.717) is 13.1 Å². The number of halogens is 1. The maximum Gasteiger partial charge on any atom is 0.0290 e. The topological polar surface area (TPSA) is 6.48 Å². The van der Waals surface area contributed by atoms with Gasteiger partial charge in [0.05, 0.1) is 0 Å². The molecule has 2 nitrogen and oxygen atoms in total. The van der Waals surface area contributed by atoms with Gasteiger partial charge in [-0.05, 0) is 39.9 Å². The zero-order valence-corrected chi connectivity index (χ0v) is 20.5. The summed E-state index contributed by atoms with van der Waals surface area (Å²) in [6, 6.07) is 0. The SMILES string of the molecule is CCCCCCCCCCCCN(F)CCCCCCCCCCCCN(C)C. The monoisotopic (exact) mass is 414 g/mol. The van der Waals surface area contributed by atoms with E-state index in [4.69, 9.17) is 0 Å². The number of hydrogen-bond donors (Lipinski definition) is 0. The van der Waals surface area contributed by atoms with Gasteiger partial charge in [0.25, 0.3) is 0 Å². The molecule has 0 spiro atoms. The molecule has 0 amide bonds. The predicted octanol–water partition coefficient (Wildman–Crippen LogP) is 8.56. The van der Waals surface area contributed by atoms with E-state index in [2.05, 4.69) is 25.9 Å². The number of nitrogens with zero attached hydrogens (tertiary/aromatic N) is 2. The van der Waals surface area contributed by atoms with Gasteiger partial charge in [-0.3, -0.25) is 0 Å². The Labute approximate surface area is 183 Å². The first-order valence-corrected chi connectivity index (χ1v) is 13.2. The fourth-order valence-electron chi connectivity index (χ4n) is 4.01. The number of hydrogen-bond acceptors (Lipinski definition) is 2. The summed E-state index contributed by atoms with van der Waals surface area (Å²) in [5.41, 5.74) is 0. The van der Waals surface area contributed by atoms with Crippen molar-refractivity contribution in [2.45, 2.75) is 135 Å². The maximum absolute atomic E-state index is 13.8. The molecule has 0 unspecified atom stereocenters. The van der Waals surface area contributed by atoms with Crippen LogP contribution < -0.4 is 0 Å². The molecular formula is C26H55FN2. The van der Waals surface area contributed by atoms with Crippen LogP contribution in [0, 0.1) is 0 Å². The maximum atomic E-state index is 13.8. The van der Waals surface area contributed by atoms with Crippen molar-refractivity contribution in [3.8, 4) is 0 Å². The molecule has 0 N–H and O–H groups in total. The Kier molecular flexibility index (Phi) is 24.0. The molecule has 29 heavy (non-hydrogen) atoms. The van der Waals surface area contributed by atoms with Gasteiger partial charge in [0.2, 0.25) is 0 Å². The molecular weight excluding hydrogens is 359 g/mol. The van der Waals surface area contributed by atoms with Crippen LogP contribution in [-0.2, 0) is 0 Å². The molecule has 3 heteroatoms. The van der Waals surface area contributed by atoms with Gasteiger partial charge in [0, 0.05) is 13.1 Å². The Balaban J connectivity index is 3.14. The Bertz CT molecular complexity index is 296. The number of unbranched alkanes of at least 4 members (excludes halogenated alkanes) is 18. The van der Waals surface area contributed by atoms with E-state index in [1.807, 2.05) is 0 Å². The first kappa shape index (κ1) is 28.9. The van der Waals surface area contributed by atoms with Crippen molar-refractivity contribution in [3.05, 3.63) is 0 Å². The minimum atomic E-state index is 0.642. The van der Waals surface area contributed by atoms with Crippen LogP contribution in [0.15, 0.2) is 0 Å². The predicted molar refractivity (Wildman–Crippen MR) is 129 cm³/mol. The minimum Gasteiger partial charge on any atom is -0.309 e. The van der Waals surface area contributed by atoms with Crippen LogP contribution in [0.2, 0.25) is 0 Å². The van der Waals surface area contributed by atoms with E-state index in [0.717, 1.165) is 18.0 Å². The molecule has 0 radical (unpaired) electrons. The van der Waals surface area contributed by atoms with Crippen LogP contribution in [0.1, 0.15) is 135 Å². The molecule has 176 valence electrons.